The van der Waals surface area contributed by atoms with Gasteiger partial charge in [0.2, 0.25) is 0 Å². The zero-order valence-corrected chi connectivity index (χ0v) is 50.6. The molecule has 12 heteroatoms. The van der Waals surface area contributed by atoms with Crippen molar-refractivity contribution in [2.24, 2.45) is 11.5 Å². The van der Waals surface area contributed by atoms with Gasteiger partial charge >= 0.3 is 12.2 Å². The van der Waals surface area contributed by atoms with E-state index in [1.54, 1.807) is 12.1 Å². The molecular weight excluding hydrogens is 968 g/mol. The fraction of sp³-hybridized carbons (Fsp3) is 0.500. The van der Waals surface area contributed by atoms with Crippen molar-refractivity contribution in [2.75, 3.05) is 0 Å². The van der Waals surface area contributed by atoms with Crippen molar-refractivity contribution >= 4 is 51.5 Å². The molecular formula is C60H90Cl2N4O4Si2. The molecule has 0 heterocycles. The highest BCUT2D eigenvalue weighted by Gasteiger charge is 2.42. The second-order valence-electron chi connectivity index (χ2n) is 22.1. The van der Waals surface area contributed by atoms with E-state index in [0.717, 1.165) is 38.4 Å². The molecule has 2 amide bonds. The number of carbonyl (C=O) groups excluding carboxylic acids is 2. The van der Waals surface area contributed by atoms with Gasteiger partial charge in [-0.2, -0.15) is 0 Å². The van der Waals surface area contributed by atoms with Crippen LogP contribution >= 0.6 is 23.2 Å². The third-order valence-electron chi connectivity index (χ3n) is 12.5. The lowest BCUT2D eigenvalue weighted by Crippen LogP contribution is -2.43. The molecule has 0 radical (unpaired) electrons. The van der Waals surface area contributed by atoms with E-state index in [9.17, 15) is 9.59 Å². The van der Waals surface area contributed by atoms with Crippen molar-refractivity contribution in [3.63, 3.8) is 0 Å². The van der Waals surface area contributed by atoms with Gasteiger partial charge in [0.15, 0.2) is 0 Å². The summed E-state index contributed by atoms with van der Waals surface area (Å²) in [5.74, 6) is 6.90. The summed E-state index contributed by atoms with van der Waals surface area (Å²) in [5, 5.41) is 6.89. The van der Waals surface area contributed by atoms with Crippen LogP contribution in [0.4, 0.5) is 9.59 Å². The Labute approximate surface area is 448 Å². The number of benzene rings is 4. The first kappa shape index (κ1) is 65.5. The summed E-state index contributed by atoms with van der Waals surface area (Å²) < 4.78 is 10.4. The van der Waals surface area contributed by atoms with Gasteiger partial charge < -0.3 is 31.6 Å². The molecule has 0 unspecified atom stereocenters. The average Bonchev–Trinajstić information content (AvgIpc) is 3.28. The molecule has 0 atom stereocenters. The van der Waals surface area contributed by atoms with Gasteiger partial charge in [-0.15, -0.1) is 11.1 Å². The van der Waals surface area contributed by atoms with Crippen molar-refractivity contribution in [1.29, 1.82) is 0 Å². The minimum atomic E-state index is -1.71. The third kappa shape index (κ3) is 23.6. The Hall–Kier alpha value is -4.53. The average molecular weight is 1060 g/mol. The molecule has 396 valence electrons. The molecule has 0 saturated carbocycles. The maximum atomic E-state index is 11.8. The summed E-state index contributed by atoms with van der Waals surface area (Å²) in [6, 6.07) is 31.3. The predicted octanol–water partition coefficient (Wildman–Crippen LogP) is 16.2. The van der Waals surface area contributed by atoms with Crippen LogP contribution in [0.25, 0.3) is 0 Å². The minimum Gasteiger partial charge on any atom is -0.444 e. The molecule has 0 saturated heterocycles. The first-order valence-electron chi connectivity index (χ1n) is 25.5. The van der Waals surface area contributed by atoms with Gasteiger partial charge in [-0.1, -0.05) is 167 Å². The van der Waals surface area contributed by atoms with Crippen LogP contribution in [0.5, 0.6) is 0 Å². The highest BCUT2D eigenvalue weighted by molar-refractivity contribution is 6.91. The summed E-state index contributed by atoms with van der Waals surface area (Å²) in [5.41, 5.74) is 27.9. The standard InChI is InChI=1S/C23H37NO2Si.C18H29NSi.C12H16ClNO2.C7H8ClN/c1-17(2)27(18(3)4,19(5)6)15-14-20-10-12-21(13-11-20)16-24-22(25)26-23(7,8)9;1-14(2)20(15(3)4,16(5)6)12-11-17-7-9-18(13-19)10-8-17;1-12(2,3)16-11(15)14-8-9-4-6-10(13)7-5-9;8-7-3-1-6(5-9)2-4-7/h10-13,17-19H,16H2,1-9H3,(H,24,25);7-10,14-16H,13,19H2,1-6H3;4-7H,8H2,1-3H3,(H,14,15);1-4H,5,9H2. The first-order chi connectivity index (χ1) is 33.4. The number of hydrogen-bond acceptors (Lipinski definition) is 6. The molecule has 72 heavy (non-hydrogen) atoms. The lowest BCUT2D eigenvalue weighted by atomic mass is 10.1. The van der Waals surface area contributed by atoms with Crippen molar-refractivity contribution in [3.8, 4) is 22.9 Å². The van der Waals surface area contributed by atoms with E-state index in [4.69, 9.17) is 44.1 Å². The van der Waals surface area contributed by atoms with Crippen molar-refractivity contribution in [3.05, 3.63) is 140 Å². The van der Waals surface area contributed by atoms with Gasteiger partial charge in [0.25, 0.3) is 0 Å². The number of carbonyl (C=O) groups is 2. The SMILES string of the molecule is CC(C)(C)OC(=O)NCc1ccc(Cl)cc1.CC(C)[Si](C#Cc1ccc(CN)cc1)(C(C)C)C(C)C.CC(C)[Si](C#Cc1ccc(CNC(=O)OC(C)(C)C)cc1)(C(C)C)C(C)C.NCc1ccc(Cl)cc1. The van der Waals surface area contributed by atoms with Crippen LogP contribution in [0.2, 0.25) is 43.3 Å². The maximum absolute atomic E-state index is 11.8. The maximum Gasteiger partial charge on any atom is 0.407 e. The zero-order chi connectivity index (χ0) is 55.0. The van der Waals surface area contributed by atoms with Crippen LogP contribution in [0.15, 0.2) is 97.1 Å². The van der Waals surface area contributed by atoms with Crippen LogP contribution < -0.4 is 22.1 Å². The molecule has 4 rings (SSSR count). The summed E-state index contributed by atoms with van der Waals surface area (Å²) in [6.07, 6.45) is -0.810. The van der Waals surface area contributed by atoms with Crippen LogP contribution in [-0.2, 0) is 35.7 Å². The Morgan fingerprint density at radius 2 is 0.694 bits per heavy atom. The summed E-state index contributed by atoms with van der Waals surface area (Å²) in [4.78, 5) is 23.1. The quantitative estimate of drug-likeness (QED) is 0.0826. The smallest absolute Gasteiger partial charge is 0.407 e. The molecule has 6 N–H and O–H groups in total. The Balaban J connectivity index is 0.000000509. The molecule has 4 aromatic rings. The number of rotatable bonds is 12. The molecule has 0 aliphatic heterocycles. The predicted molar refractivity (Wildman–Crippen MR) is 314 cm³/mol. The van der Waals surface area contributed by atoms with Gasteiger partial charge in [0.05, 0.1) is 0 Å². The van der Waals surface area contributed by atoms with Gasteiger partial charge in [0.1, 0.15) is 27.3 Å². The van der Waals surface area contributed by atoms with E-state index in [2.05, 4.69) is 141 Å². The van der Waals surface area contributed by atoms with E-state index < -0.39 is 39.5 Å². The molecule has 0 aromatic heterocycles. The van der Waals surface area contributed by atoms with E-state index in [1.807, 2.05) is 102 Å². The zero-order valence-electron chi connectivity index (χ0n) is 47.1. The van der Waals surface area contributed by atoms with Crippen LogP contribution in [0.3, 0.4) is 0 Å². The number of nitrogens with one attached hydrogen (secondary N) is 2. The Morgan fingerprint density at radius 1 is 0.458 bits per heavy atom. The number of nitrogens with two attached hydrogens (primary N) is 2. The molecule has 0 bridgehead atoms. The number of ether oxygens (including phenoxy) is 2. The summed E-state index contributed by atoms with van der Waals surface area (Å²) >= 11 is 11.4. The van der Waals surface area contributed by atoms with Crippen LogP contribution in [0, 0.1) is 22.9 Å². The van der Waals surface area contributed by atoms with Crippen molar-refractivity contribution in [2.45, 2.75) is 195 Å². The topological polar surface area (TPSA) is 129 Å². The van der Waals surface area contributed by atoms with E-state index in [1.165, 1.54) is 0 Å². The molecule has 0 aliphatic carbocycles. The van der Waals surface area contributed by atoms with Crippen LogP contribution in [0.1, 0.15) is 158 Å². The number of amides is 2. The Morgan fingerprint density at radius 3 is 0.931 bits per heavy atom. The van der Waals surface area contributed by atoms with Gasteiger partial charge in [0, 0.05) is 47.4 Å². The van der Waals surface area contributed by atoms with Crippen molar-refractivity contribution in [1.82, 2.24) is 10.6 Å². The summed E-state index contributed by atoms with van der Waals surface area (Å²) in [7, 11) is -3.33. The second kappa shape index (κ2) is 31.3. The fourth-order valence-corrected chi connectivity index (χ4v) is 19.6. The van der Waals surface area contributed by atoms with Gasteiger partial charge in [-0.25, -0.2) is 9.59 Å². The first-order valence-corrected chi connectivity index (χ1v) is 30.7. The van der Waals surface area contributed by atoms with Gasteiger partial charge in [-0.05, 0) is 146 Å². The fourth-order valence-electron chi connectivity index (χ4n) is 8.86. The Kier molecular flexibility index (Phi) is 28.4. The highest BCUT2D eigenvalue weighted by Crippen LogP contribution is 2.42. The van der Waals surface area contributed by atoms with E-state index in [0.29, 0.717) is 64.4 Å². The summed E-state index contributed by atoms with van der Waals surface area (Å²) in [6.45, 7) is 41.1. The molecule has 0 fully saturated rings. The van der Waals surface area contributed by atoms with E-state index >= 15 is 0 Å². The lowest BCUT2D eigenvalue weighted by Gasteiger charge is -2.38. The van der Waals surface area contributed by atoms with Gasteiger partial charge in [-0.3, -0.25) is 0 Å². The number of alkyl carbamates (subject to hydrolysis) is 2. The number of halogens is 2. The highest BCUT2D eigenvalue weighted by atomic mass is 35.5. The largest absolute Gasteiger partial charge is 0.444 e. The monoisotopic (exact) mass is 1060 g/mol. The Bertz CT molecular complexity index is 2290. The second-order valence-corrected chi connectivity index (χ2v) is 34.1. The normalized spacial score (nSPS) is 11.5. The van der Waals surface area contributed by atoms with Crippen LogP contribution in [-0.4, -0.2) is 39.5 Å². The molecule has 0 aliphatic rings. The molecule has 4 aromatic carbocycles. The van der Waals surface area contributed by atoms with Crippen molar-refractivity contribution < 1.29 is 19.1 Å². The molecule has 0 spiro atoms. The lowest BCUT2D eigenvalue weighted by molar-refractivity contribution is 0.0512. The third-order valence-corrected chi connectivity index (χ3v) is 25.5. The molecule has 8 nitrogen and oxygen atoms in total. The van der Waals surface area contributed by atoms with E-state index in [-0.39, 0.29) is 0 Å². The number of hydrogen-bond donors (Lipinski definition) is 4. The minimum absolute atomic E-state index is 0.395.